The van der Waals surface area contributed by atoms with E-state index in [1.165, 1.54) is 0 Å². The third kappa shape index (κ3) is 5.64. The van der Waals surface area contributed by atoms with Gasteiger partial charge in [0.05, 0.1) is 5.92 Å². The van der Waals surface area contributed by atoms with Crippen LogP contribution in [0.25, 0.3) is 0 Å². The molecular weight excluding hydrogens is 166 g/mol. The highest BCUT2D eigenvalue weighted by Crippen LogP contribution is 2.19. The topological polar surface area (TPSA) is 63.3 Å². The molecule has 0 aromatic carbocycles. The van der Waals surface area contributed by atoms with E-state index in [9.17, 15) is 4.79 Å². The lowest BCUT2D eigenvalue weighted by atomic mass is 9.90. The molecule has 3 nitrogen and oxygen atoms in total. The van der Waals surface area contributed by atoms with Crippen molar-refractivity contribution >= 4 is 5.97 Å². The second-order valence-corrected chi connectivity index (χ2v) is 3.74. The number of hydrogen-bond acceptors (Lipinski definition) is 2. The number of carbonyl (C=O) groups is 1. The van der Waals surface area contributed by atoms with Crippen LogP contribution >= 0.6 is 0 Å². The van der Waals surface area contributed by atoms with Crippen LogP contribution in [0.3, 0.4) is 0 Å². The molecule has 2 atom stereocenters. The Hall–Kier alpha value is -0.570. The largest absolute Gasteiger partial charge is 0.481 e. The minimum Gasteiger partial charge on any atom is -0.481 e. The molecule has 0 rings (SSSR count). The van der Waals surface area contributed by atoms with Crippen LogP contribution in [0.1, 0.15) is 39.5 Å². The molecule has 3 N–H and O–H groups in total. The average molecular weight is 187 g/mol. The Morgan fingerprint density at radius 3 is 2.46 bits per heavy atom. The molecule has 0 fully saturated rings. The van der Waals surface area contributed by atoms with Crippen molar-refractivity contribution in [2.24, 2.45) is 17.6 Å². The van der Waals surface area contributed by atoms with Crippen LogP contribution in [-0.2, 0) is 4.79 Å². The minimum atomic E-state index is -0.701. The standard InChI is InChI=1S/C10H21NO2/c1-3-4-8(2)7-9(5-6-11)10(12)13/h8-9H,3-7,11H2,1-2H3,(H,12,13). The molecule has 0 saturated carbocycles. The maximum Gasteiger partial charge on any atom is 0.306 e. The molecule has 13 heavy (non-hydrogen) atoms. The van der Waals surface area contributed by atoms with Crippen LogP contribution < -0.4 is 5.73 Å². The molecule has 3 heteroatoms. The lowest BCUT2D eigenvalue weighted by molar-refractivity contribution is -0.142. The molecule has 0 radical (unpaired) electrons. The number of aliphatic carboxylic acids is 1. The van der Waals surface area contributed by atoms with Gasteiger partial charge in [0.25, 0.3) is 0 Å². The molecule has 0 aliphatic heterocycles. The summed E-state index contributed by atoms with van der Waals surface area (Å²) in [5.41, 5.74) is 5.35. The van der Waals surface area contributed by atoms with Crippen molar-refractivity contribution in [2.75, 3.05) is 6.54 Å². The Balaban J connectivity index is 3.86. The van der Waals surface area contributed by atoms with Gasteiger partial charge in [0.2, 0.25) is 0 Å². The van der Waals surface area contributed by atoms with E-state index in [0.29, 0.717) is 18.9 Å². The van der Waals surface area contributed by atoms with Gasteiger partial charge in [-0.15, -0.1) is 0 Å². The van der Waals surface area contributed by atoms with Gasteiger partial charge in [-0.2, -0.15) is 0 Å². The normalized spacial score (nSPS) is 15.3. The summed E-state index contributed by atoms with van der Waals surface area (Å²) >= 11 is 0. The third-order valence-corrected chi connectivity index (χ3v) is 2.33. The van der Waals surface area contributed by atoms with Crippen molar-refractivity contribution in [1.82, 2.24) is 0 Å². The van der Waals surface area contributed by atoms with Gasteiger partial charge in [-0.1, -0.05) is 26.7 Å². The van der Waals surface area contributed by atoms with Gasteiger partial charge < -0.3 is 10.8 Å². The molecule has 78 valence electrons. The van der Waals surface area contributed by atoms with Crippen molar-refractivity contribution < 1.29 is 9.90 Å². The van der Waals surface area contributed by atoms with E-state index in [4.69, 9.17) is 10.8 Å². The third-order valence-electron chi connectivity index (χ3n) is 2.33. The van der Waals surface area contributed by atoms with Gasteiger partial charge in [-0.3, -0.25) is 4.79 Å². The Morgan fingerprint density at radius 2 is 2.08 bits per heavy atom. The highest BCUT2D eigenvalue weighted by atomic mass is 16.4. The van der Waals surface area contributed by atoms with E-state index in [1.807, 2.05) is 0 Å². The average Bonchev–Trinajstić information content (AvgIpc) is 2.04. The lowest BCUT2D eigenvalue weighted by Crippen LogP contribution is -2.20. The zero-order valence-electron chi connectivity index (χ0n) is 8.62. The summed E-state index contributed by atoms with van der Waals surface area (Å²) in [4.78, 5) is 10.8. The van der Waals surface area contributed by atoms with Gasteiger partial charge in [0.15, 0.2) is 0 Å². The minimum absolute atomic E-state index is 0.244. The van der Waals surface area contributed by atoms with Crippen LogP contribution in [0.4, 0.5) is 0 Å². The van der Waals surface area contributed by atoms with E-state index < -0.39 is 5.97 Å². The number of rotatable bonds is 7. The van der Waals surface area contributed by atoms with Gasteiger partial charge >= 0.3 is 5.97 Å². The highest BCUT2D eigenvalue weighted by Gasteiger charge is 2.18. The highest BCUT2D eigenvalue weighted by molar-refractivity contribution is 5.69. The predicted octanol–water partition coefficient (Wildman–Crippen LogP) is 1.86. The molecule has 0 bridgehead atoms. The first kappa shape index (κ1) is 12.4. The van der Waals surface area contributed by atoms with Crippen molar-refractivity contribution in [1.29, 1.82) is 0 Å². The van der Waals surface area contributed by atoms with Crippen molar-refractivity contribution in [3.63, 3.8) is 0 Å². The monoisotopic (exact) mass is 187 g/mol. The van der Waals surface area contributed by atoms with Gasteiger partial charge in [-0.05, 0) is 25.3 Å². The summed E-state index contributed by atoms with van der Waals surface area (Å²) < 4.78 is 0. The van der Waals surface area contributed by atoms with Crippen LogP contribution in [-0.4, -0.2) is 17.6 Å². The van der Waals surface area contributed by atoms with Crippen molar-refractivity contribution in [3.05, 3.63) is 0 Å². The first-order valence-corrected chi connectivity index (χ1v) is 5.04. The number of nitrogens with two attached hydrogens (primary N) is 1. The Morgan fingerprint density at radius 1 is 1.46 bits per heavy atom. The summed E-state index contributed by atoms with van der Waals surface area (Å²) in [6.07, 6.45) is 3.59. The van der Waals surface area contributed by atoms with E-state index in [1.54, 1.807) is 0 Å². The zero-order valence-corrected chi connectivity index (χ0v) is 8.62. The molecule has 0 aromatic rings. The van der Waals surface area contributed by atoms with Gasteiger partial charge in [0.1, 0.15) is 0 Å². The lowest BCUT2D eigenvalue weighted by Gasteiger charge is -2.15. The first-order valence-electron chi connectivity index (χ1n) is 5.04. The van der Waals surface area contributed by atoms with E-state index >= 15 is 0 Å². The van der Waals surface area contributed by atoms with E-state index in [-0.39, 0.29) is 5.92 Å². The molecule has 0 aromatic heterocycles. The van der Waals surface area contributed by atoms with Gasteiger partial charge in [-0.25, -0.2) is 0 Å². The Bertz CT molecular complexity index is 148. The molecule has 0 amide bonds. The number of carboxylic acid groups (broad SMARTS) is 1. The summed E-state index contributed by atoms with van der Waals surface area (Å²) in [6.45, 7) is 4.70. The number of hydrogen-bond donors (Lipinski definition) is 2. The Labute approximate surface area is 80.3 Å². The van der Waals surface area contributed by atoms with Crippen LogP contribution in [0.5, 0.6) is 0 Å². The maximum absolute atomic E-state index is 10.8. The van der Waals surface area contributed by atoms with Gasteiger partial charge in [0, 0.05) is 0 Å². The number of carboxylic acids is 1. The molecule has 0 aliphatic rings. The first-order chi connectivity index (χ1) is 6.11. The van der Waals surface area contributed by atoms with Crippen LogP contribution in [0, 0.1) is 11.8 Å². The molecule has 0 spiro atoms. The molecular formula is C10H21NO2. The quantitative estimate of drug-likeness (QED) is 0.639. The predicted molar refractivity (Wildman–Crippen MR) is 53.5 cm³/mol. The SMILES string of the molecule is CCCC(C)CC(CCN)C(=O)O. The fourth-order valence-corrected chi connectivity index (χ4v) is 1.64. The summed E-state index contributed by atoms with van der Waals surface area (Å²) in [6, 6.07) is 0. The fourth-order valence-electron chi connectivity index (χ4n) is 1.64. The maximum atomic E-state index is 10.8. The molecule has 0 aliphatic carbocycles. The Kier molecular flexibility index (Phi) is 6.59. The summed E-state index contributed by atoms with van der Waals surface area (Å²) in [5, 5.41) is 8.87. The summed E-state index contributed by atoms with van der Waals surface area (Å²) in [5.74, 6) is -0.447. The second-order valence-electron chi connectivity index (χ2n) is 3.74. The second kappa shape index (κ2) is 6.89. The smallest absolute Gasteiger partial charge is 0.306 e. The van der Waals surface area contributed by atoms with Crippen molar-refractivity contribution in [2.45, 2.75) is 39.5 Å². The zero-order chi connectivity index (χ0) is 10.3. The molecule has 0 saturated heterocycles. The molecule has 2 unspecified atom stereocenters. The fraction of sp³-hybridized carbons (Fsp3) is 0.900. The van der Waals surface area contributed by atoms with Crippen LogP contribution in [0.2, 0.25) is 0 Å². The molecule has 0 heterocycles. The summed E-state index contributed by atoms with van der Waals surface area (Å²) in [7, 11) is 0. The van der Waals surface area contributed by atoms with E-state index in [0.717, 1.165) is 19.3 Å². The van der Waals surface area contributed by atoms with E-state index in [2.05, 4.69) is 13.8 Å². The van der Waals surface area contributed by atoms with Crippen molar-refractivity contribution in [3.8, 4) is 0 Å². The van der Waals surface area contributed by atoms with Crippen LogP contribution in [0.15, 0.2) is 0 Å².